The first-order valence-corrected chi connectivity index (χ1v) is 6.28. The molecule has 1 aliphatic carbocycles. The van der Waals surface area contributed by atoms with Crippen molar-refractivity contribution in [2.75, 3.05) is 0 Å². The quantitative estimate of drug-likeness (QED) is 0.866. The van der Waals surface area contributed by atoms with Crippen LogP contribution >= 0.6 is 0 Å². The van der Waals surface area contributed by atoms with Gasteiger partial charge in [-0.2, -0.15) is 0 Å². The van der Waals surface area contributed by atoms with E-state index >= 15 is 0 Å². The normalized spacial score (nSPS) is 22.7. The molecule has 2 rings (SSSR count). The number of aliphatic carboxylic acids is 1. The maximum atomic E-state index is 11.9. The van der Waals surface area contributed by atoms with E-state index in [2.05, 4.69) is 10.5 Å². The molecule has 2 N–H and O–H groups in total. The lowest BCUT2D eigenvalue weighted by Crippen LogP contribution is -2.46. The van der Waals surface area contributed by atoms with Gasteiger partial charge in [-0.3, -0.25) is 9.59 Å². The molecule has 0 unspecified atom stereocenters. The van der Waals surface area contributed by atoms with Gasteiger partial charge < -0.3 is 14.9 Å². The lowest BCUT2D eigenvalue weighted by Gasteiger charge is -2.32. The maximum absolute atomic E-state index is 11.9. The highest BCUT2D eigenvalue weighted by Crippen LogP contribution is 2.28. The second-order valence-electron chi connectivity index (χ2n) is 6.00. The Labute approximate surface area is 111 Å². The van der Waals surface area contributed by atoms with Crippen molar-refractivity contribution in [2.45, 2.75) is 45.1 Å². The number of amides is 1. The van der Waals surface area contributed by atoms with Gasteiger partial charge in [0, 0.05) is 17.5 Å². The number of carbonyl (C=O) groups excluding carboxylic acids is 1. The second-order valence-corrected chi connectivity index (χ2v) is 6.00. The Kier molecular flexibility index (Phi) is 3.34. The predicted octanol–water partition coefficient (Wildman–Crippen LogP) is 1.57. The third-order valence-corrected chi connectivity index (χ3v) is 3.30. The van der Waals surface area contributed by atoms with E-state index in [-0.39, 0.29) is 29.0 Å². The summed E-state index contributed by atoms with van der Waals surface area (Å²) >= 11 is 0. The van der Waals surface area contributed by atoms with Crippen molar-refractivity contribution in [3.8, 4) is 0 Å². The fraction of sp³-hybridized carbons (Fsp3) is 0.615. The first kappa shape index (κ1) is 13.6. The van der Waals surface area contributed by atoms with E-state index in [0.29, 0.717) is 18.6 Å². The van der Waals surface area contributed by atoms with Crippen LogP contribution in [0.25, 0.3) is 0 Å². The largest absolute Gasteiger partial charge is 0.481 e. The van der Waals surface area contributed by atoms with Gasteiger partial charge in [0.25, 0.3) is 5.91 Å². The molecule has 0 aliphatic heterocycles. The van der Waals surface area contributed by atoms with E-state index in [0.717, 1.165) is 0 Å². The minimum atomic E-state index is -0.804. The Morgan fingerprint density at radius 2 is 2.05 bits per heavy atom. The first-order chi connectivity index (χ1) is 8.77. The average Bonchev–Trinajstić information content (AvgIpc) is 2.70. The lowest BCUT2D eigenvalue weighted by molar-refractivity contribution is -0.145. The van der Waals surface area contributed by atoms with Crippen molar-refractivity contribution in [1.29, 1.82) is 0 Å². The van der Waals surface area contributed by atoms with Crippen LogP contribution in [0.2, 0.25) is 0 Å². The van der Waals surface area contributed by atoms with E-state index in [1.165, 1.54) is 0 Å². The molecule has 0 radical (unpaired) electrons. The number of nitrogens with one attached hydrogen (secondary N) is 1. The molecule has 19 heavy (non-hydrogen) atoms. The van der Waals surface area contributed by atoms with E-state index in [4.69, 9.17) is 9.63 Å². The first-order valence-electron chi connectivity index (χ1n) is 6.28. The van der Waals surface area contributed by atoms with Crippen LogP contribution in [0.3, 0.4) is 0 Å². The molecule has 104 valence electrons. The monoisotopic (exact) mass is 266 g/mol. The van der Waals surface area contributed by atoms with Gasteiger partial charge in [-0.15, -0.1) is 0 Å². The number of hydrogen-bond acceptors (Lipinski definition) is 4. The van der Waals surface area contributed by atoms with Crippen LogP contribution in [0.15, 0.2) is 10.6 Å². The van der Waals surface area contributed by atoms with Gasteiger partial charge in [0.2, 0.25) is 0 Å². The van der Waals surface area contributed by atoms with Crippen LogP contribution < -0.4 is 5.32 Å². The summed E-state index contributed by atoms with van der Waals surface area (Å²) in [5.41, 5.74) is 0.0415. The molecule has 6 nitrogen and oxygen atoms in total. The fourth-order valence-electron chi connectivity index (χ4n) is 1.93. The zero-order chi connectivity index (χ0) is 14.2. The van der Waals surface area contributed by atoms with Gasteiger partial charge in [-0.1, -0.05) is 25.9 Å². The highest BCUT2D eigenvalue weighted by molar-refractivity contribution is 5.92. The number of carboxylic acid groups (broad SMARTS) is 1. The van der Waals surface area contributed by atoms with Crippen molar-refractivity contribution in [3.05, 3.63) is 17.5 Å². The van der Waals surface area contributed by atoms with Gasteiger partial charge in [-0.25, -0.2) is 0 Å². The van der Waals surface area contributed by atoms with Crippen LogP contribution in [0.5, 0.6) is 0 Å². The predicted molar refractivity (Wildman–Crippen MR) is 66.8 cm³/mol. The topological polar surface area (TPSA) is 92.4 Å². The molecule has 1 fully saturated rings. The van der Waals surface area contributed by atoms with Crippen molar-refractivity contribution < 1.29 is 19.2 Å². The number of aromatic nitrogens is 1. The molecule has 6 heteroatoms. The Morgan fingerprint density at radius 1 is 1.42 bits per heavy atom. The summed E-state index contributed by atoms with van der Waals surface area (Å²) in [6.45, 7) is 5.91. The van der Waals surface area contributed by atoms with Crippen LogP contribution in [0.1, 0.15) is 49.9 Å². The van der Waals surface area contributed by atoms with Gasteiger partial charge in [0.15, 0.2) is 5.69 Å². The summed E-state index contributed by atoms with van der Waals surface area (Å²) in [6.07, 6.45) is 0.954. The molecular formula is C13H18N2O4. The smallest absolute Gasteiger partial charge is 0.306 e. The molecule has 1 amide bonds. The standard InChI is InChI=1S/C13H18N2O4/c1-13(2,3)10-6-9(15-19-10)11(16)14-8-4-7(5-8)12(17)18/h6-8H,4-5H2,1-3H3,(H,14,16)(H,17,18). The molecule has 0 aromatic carbocycles. The number of carboxylic acids is 1. The summed E-state index contributed by atoms with van der Waals surface area (Å²) in [6, 6.07) is 1.55. The Balaban J connectivity index is 1.91. The molecule has 0 spiro atoms. The van der Waals surface area contributed by atoms with Crippen molar-refractivity contribution in [2.24, 2.45) is 5.92 Å². The highest BCUT2D eigenvalue weighted by atomic mass is 16.5. The molecule has 1 aliphatic rings. The van der Waals surface area contributed by atoms with Crippen molar-refractivity contribution in [1.82, 2.24) is 10.5 Å². The van der Waals surface area contributed by atoms with E-state index in [9.17, 15) is 9.59 Å². The maximum Gasteiger partial charge on any atom is 0.306 e. The van der Waals surface area contributed by atoms with Gasteiger partial charge in [-0.05, 0) is 12.8 Å². The summed E-state index contributed by atoms with van der Waals surface area (Å²) in [5.74, 6) is -0.808. The molecule has 1 aromatic heterocycles. The minimum absolute atomic E-state index is 0.0802. The molecule has 0 saturated heterocycles. The van der Waals surface area contributed by atoms with E-state index in [1.807, 2.05) is 20.8 Å². The zero-order valence-corrected chi connectivity index (χ0v) is 11.3. The number of carbonyl (C=O) groups is 2. The SMILES string of the molecule is CC(C)(C)c1cc(C(=O)NC2CC(C(=O)O)C2)no1. The number of nitrogens with zero attached hydrogens (tertiary/aromatic N) is 1. The van der Waals surface area contributed by atoms with Crippen molar-refractivity contribution >= 4 is 11.9 Å². The second kappa shape index (κ2) is 4.68. The highest BCUT2D eigenvalue weighted by Gasteiger charge is 2.35. The minimum Gasteiger partial charge on any atom is -0.481 e. The third-order valence-electron chi connectivity index (χ3n) is 3.30. The fourth-order valence-corrected chi connectivity index (χ4v) is 1.93. The Hall–Kier alpha value is -1.85. The Bertz CT molecular complexity index is 495. The molecule has 0 atom stereocenters. The lowest BCUT2D eigenvalue weighted by atomic mass is 9.80. The molecular weight excluding hydrogens is 248 g/mol. The average molecular weight is 266 g/mol. The molecule has 1 heterocycles. The van der Waals surface area contributed by atoms with Crippen LogP contribution in [-0.4, -0.2) is 28.2 Å². The van der Waals surface area contributed by atoms with Crippen LogP contribution in [0.4, 0.5) is 0 Å². The zero-order valence-electron chi connectivity index (χ0n) is 11.3. The third kappa shape index (κ3) is 2.94. The number of hydrogen-bond donors (Lipinski definition) is 2. The molecule has 0 bridgehead atoms. The summed E-state index contributed by atoms with van der Waals surface area (Å²) < 4.78 is 5.14. The van der Waals surface area contributed by atoms with Crippen LogP contribution in [-0.2, 0) is 10.2 Å². The van der Waals surface area contributed by atoms with Crippen molar-refractivity contribution in [3.63, 3.8) is 0 Å². The molecule has 1 aromatic rings. The Morgan fingerprint density at radius 3 is 2.53 bits per heavy atom. The summed E-state index contributed by atoms with van der Waals surface area (Å²) in [4.78, 5) is 22.5. The van der Waals surface area contributed by atoms with E-state index < -0.39 is 5.97 Å². The van der Waals surface area contributed by atoms with Gasteiger partial charge in [0.05, 0.1) is 5.92 Å². The molecule has 1 saturated carbocycles. The van der Waals surface area contributed by atoms with Gasteiger partial charge in [0.1, 0.15) is 5.76 Å². The summed E-state index contributed by atoms with van der Waals surface area (Å²) in [7, 11) is 0. The summed E-state index contributed by atoms with van der Waals surface area (Å²) in [5, 5.41) is 15.3. The van der Waals surface area contributed by atoms with Gasteiger partial charge >= 0.3 is 5.97 Å². The number of rotatable bonds is 3. The van der Waals surface area contributed by atoms with E-state index in [1.54, 1.807) is 6.07 Å². The van der Waals surface area contributed by atoms with Crippen LogP contribution in [0, 0.1) is 5.92 Å².